The first-order valence-corrected chi connectivity index (χ1v) is 43.4. The van der Waals surface area contributed by atoms with Gasteiger partial charge in [0.2, 0.25) is 0 Å². The SMILES string of the molecule is CC(C)(C)c1cccc(-c2cccc3c2C=C[CH]3[Hf]([CH3])([CH3])([CH3])([CH3])(=[SiH2])[CH]2C=Cc3c(-c4cccc(C(C)(C)C)c4)cccc32)c1. The molecule has 44 heavy (non-hydrogen) atoms. The monoisotopic (exact) mass is 764 g/mol. The van der Waals surface area contributed by atoms with Crippen LogP contribution in [0.15, 0.2) is 97.1 Å². The maximum atomic E-state index is 2.73. The van der Waals surface area contributed by atoms with Crippen molar-refractivity contribution < 1.29 is 14.2 Å². The van der Waals surface area contributed by atoms with E-state index in [1.165, 1.54) is 55.6 Å². The second kappa shape index (κ2) is 8.83. The van der Waals surface area contributed by atoms with Gasteiger partial charge in [-0.05, 0) is 0 Å². The molecule has 0 amide bonds. The fourth-order valence-electron chi connectivity index (χ4n) is 8.34. The third-order valence-electron chi connectivity index (χ3n) is 11.2. The second-order valence-corrected chi connectivity index (χ2v) is 107. The number of allylic oxidation sites excluding steroid dienone is 2. The maximum absolute atomic E-state index is 4.79. The molecule has 2 unspecified atom stereocenters. The quantitative estimate of drug-likeness (QED) is 0.182. The first-order chi connectivity index (χ1) is 20.1. The van der Waals surface area contributed by atoms with Crippen molar-refractivity contribution in [3.8, 4) is 22.3 Å². The van der Waals surface area contributed by atoms with Crippen LogP contribution in [-0.2, 0) is 25.0 Å². The molecule has 0 saturated heterocycles. The van der Waals surface area contributed by atoms with Crippen molar-refractivity contribution in [3.05, 3.63) is 130 Å². The zero-order valence-corrected chi connectivity index (χ0v) is 33.8. The van der Waals surface area contributed by atoms with Crippen molar-refractivity contribution >= 4 is 19.1 Å². The van der Waals surface area contributed by atoms with Crippen molar-refractivity contribution in [2.75, 3.05) is 0 Å². The molecule has 0 heterocycles. The molecule has 228 valence electrons. The third-order valence-corrected chi connectivity index (χ3v) is 45.7. The standard InChI is InChI=1S/2C19H19.4CH3.Hf.H2Si/c2*1-19(2,3)16-10-4-9-15(13-16)18-12-6-8-14-7-5-11-17(14)18;;;;;;/h2*4-13H,1-3H3;4*1H3;;1H2. The summed E-state index contributed by atoms with van der Waals surface area (Å²) in [5.74, 6) is 0. The molecule has 4 aromatic carbocycles. The Morgan fingerprint density at radius 2 is 0.886 bits per heavy atom. The molecule has 4 aromatic rings. The van der Waals surface area contributed by atoms with Crippen molar-refractivity contribution in [3.63, 3.8) is 0 Å². The summed E-state index contributed by atoms with van der Waals surface area (Å²) in [5, 5.41) is 0. The van der Waals surface area contributed by atoms with Gasteiger partial charge in [-0.15, -0.1) is 0 Å². The Hall–Kier alpha value is -2.55. The molecule has 0 aliphatic heterocycles. The molecule has 0 fully saturated rings. The van der Waals surface area contributed by atoms with Gasteiger partial charge in [-0.2, -0.15) is 0 Å². The van der Waals surface area contributed by atoms with E-state index in [4.69, 9.17) is 0 Å². The minimum absolute atomic E-state index is 0.120. The van der Waals surface area contributed by atoms with Gasteiger partial charge in [0.05, 0.1) is 0 Å². The second-order valence-electron chi connectivity index (χ2n) is 20.3. The molecule has 6 rings (SSSR count). The molecule has 2 aliphatic carbocycles. The van der Waals surface area contributed by atoms with Gasteiger partial charge in [0.1, 0.15) is 0 Å². The molecule has 2 heteroatoms. The summed E-state index contributed by atoms with van der Waals surface area (Å²) >= 11 is -4.79. The van der Waals surface area contributed by atoms with Gasteiger partial charge in [0.15, 0.2) is 0 Å². The number of benzene rings is 4. The number of hydrogen-bond acceptors (Lipinski definition) is 0. The molecule has 0 N–H and O–H groups in total. The average Bonchev–Trinajstić information content (AvgIpc) is 3.58. The molecule has 2 atom stereocenters. The van der Waals surface area contributed by atoms with Crippen LogP contribution in [0, 0.1) is 0 Å². The van der Waals surface area contributed by atoms with Gasteiger partial charge >= 0.3 is 264 Å². The van der Waals surface area contributed by atoms with Gasteiger partial charge in [-0.1, -0.05) is 0 Å². The third kappa shape index (κ3) is 5.05. The Labute approximate surface area is 262 Å². The Morgan fingerprint density at radius 3 is 1.25 bits per heavy atom. The summed E-state index contributed by atoms with van der Waals surface area (Å²) in [6.07, 6.45) is 10.1. The minimum atomic E-state index is -4.79. The molecule has 2 aliphatic rings. The molecule has 0 nitrogen and oxygen atoms in total. The zero-order valence-electron chi connectivity index (χ0n) is 28.8. The van der Waals surface area contributed by atoms with Crippen molar-refractivity contribution in [2.24, 2.45) is 0 Å². The van der Waals surface area contributed by atoms with Gasteiger partial charge in [-0.25, -0.2) is 0 Å². The van der Waals surface area contributed by atoms with E-state index in [1.807, 2.05) is 0 Å². The Bertz CT molecular complexity index is 1880. The fourth-order valence-corrected chi connectivity index (χ4v) is 37.2. The van der Waals surface area contributed by atoms with Gasteiger partial charge in [0, 0.05) is 0 Å². The average molecular weight is 763 g/mol. The van der Waals surface area contributed by atoms with E-state index in [0.717, 1.165) is 0 Å². The fraction of sp³-hybridized carbons (Fsp3) is 0.333. The first-order valence-electron chi connectivity index (χ1n) is 16.5. The molecule has 0 bridgehead atoms. The topological polar surface area (TPSA) is 0 Å². The van der Waals surface area contributed by atoms with Crippen molar-refractivity contribution in [1.29, 1.82) is 0 Å². The van der Waals surface area contributed by atoms with Gasteiger partial charge in [-0.3, -0.25) is 0 Å². The van der Waals surface area contributed by atoms with E-state index in [9.17, 15) is 0 Å². The van der Waals surface area contributed by atoms with Crippen LogP contribution in [0.3, 0.4) is 0 Å². The Kier molecular flexibility index (Phi) is 6.30. The molecular formula is C42H52HfSi. The van der Waals surface area contributed by atoms with E-state index in [2.05, 4.69) is 176 Å². The van der Waals surface area contributed by atoms with Crippen LogP contribution in [0.4, 0.5) is 0 Å². The molecule has 0 saturated carbocycles. The van der Waals surface area contributed by atoms with Crippen LogP contribution in [0.25, 0.3) is 34.4 Å². The zero-order chi connectivity index (χ0) is 32.0. The van der Waals surface area contributed by atoms with Crippen LogP contribution in [0.2, 0.25) is 18.7 Å². The van der Waals surface area contributed by atoms with Gasteiger partial charge in [0.25, 0.3) is 0 Å². The summed E-state index contributed by atoms with van der Waals surface area (Å²) in [5.41, 5.74) is 14.2. The van der Waals surface area contributed by atoms with E-state index in [1.54, 1.807) is 0 Å². The number of fused-ring (bicyclic) bond motifs is 2. The molecule has 0 radical (unpaired) electrons. The predicted octanol–water partition coefficient (Wildman–Crippen LogP) is 12.0. The predicted molar refractivity (Wildman–Crippen MR) is 197 cm³/mol. The van der Waals surface area contributed by atoms with E-state index in [0.29, 0.717) is 7.35 Å². The van der Waals surface area contributed by atoms with Crippen molar-refractivity contribution in [2.45, 2.75) is 78.4 Å². The molecule has 0 aromatic heterocycles. The van der Waals surface area contributed by atoms with Crippen molar-refractivity contribution in [1.82, 2.24) is 0 Å². The first kappa shape index (κ1) is 31.4. The van der Waals surface area contributed by atoms with Crippen LogP contribution < -0.4 is 0 Å². The van der Waals surface area contributed by atoms with Crippen LogP contribution in [-0.4, -0.2) is 6.94 Å². The van der Waals surface area contributed by atoms with E-state index >= 15 is 0 Å². The summed E-state index contributed by atoms with van der Waals surface area (Å²) in [4.78, 5) is 0. The summed E-state index contributed by atoms with van der Waals surface area (Å²) in [6, 6.07) is 32.5. The van der Waals surface area contributed by atoms with Crippen LogP contribution in [0.1, 0.15) is 82.3 Å². The summed E-state index contributed by atoms with van der Waals surface area (Å²) in [6.45, 7) is 16.2. The van der Waals surface area contributed by atoms with E-state index < -0.39 is 14.2 Å². The number of hydrogen-bond donors (Lipinski definition) is 0. The normalized spacial score (nSPS) is 20.4. The summed E-state index contributed by atoms with van der Waals surface area (Å²) < 4.78 is 11.7. The Balaban J connectivity index is 1.48. The molecule has 0 spiro atoms. The van der Waals surface area contributed by atoms with Crippen LogP contribution >= 0.6 is 0 Å². The Morgan fingerprint density at radius 1 is 0.523 bits per heavy atom. The molecular weight excluding hydrogens is 711 g/mol. The number of rotatable bonds is 4. The van der Waals surface area contributed by atoms with E-state index in [-0.39, 0.29) is 10.8 Å². The van der Waals surface area contributed by atoms with Crippen LogP contribution in [0.5, 0.6) is 0 Å². The van der Waals surface area contributed by atoms with Gasteiger partial charge < -0.3 is 0 Å². The summed E-state index contributed by atoms with van der Waals surface area (Å²) in [7, 11) is 0.